The minimum absolute atomic E-state index is 0.113. The van der Waals surface area contributed by atoms with Gasteiger partial charge in [0.1, 0.15) is 11.4 Å². The molecule has 1 aliphatic rings. The maximum Gasteiger partial charge on any atom is 0.195 e. The van der Waals surface area contributed by atoms with Crippen molar-refractivity contribution in [2.24, 2.45) is 0 Å². The summed E-state index contributed by atoms with van der Waals surface area (Å²) in [6.07, 6.45) is 2.16. The molecule has 0 amide bonds. The van der Waals surface area contributed by atoms with Crippen molar-refractivity contribution in [2.75, 3.05) is 5.32 Å². The molecule has 2 aromatic carbocycles. The van der Waals surface area contributed by atoms with Gasteiger partial charge in [-0.05, 0) is 30.2 Å². The van der Waals surface area contributed by atoms with Gasteiger partial charge in [0.25, 0.3) is 0 Å². The number of rotatable bonds is 3. The number of hydrogen-bond donors (Lipinski definition) is 1. The third-order valence-corrected chi connectivity index (χ3v) is 3.68. The molecule has 0 spiro atoms. The van der Waals surface area contributed by atoms with Crippen molar-refractivity contribution in [3.8, 4) is 0 Å². The highest BCUT2D eigenvalue weighted by atomic mass is 19.1. The van der Waals surface area contributed by atoms with Gasteiger partial charge in [0.15, 0.2) is 5.78 Å². The third-order valence-electron chi connectivity index (χ3n) is 3.68. The molecule has 0 radical (unpaired) electrons. The molecule has 100 valence electrons. The number of benzene rings is 2. The minimum atomic E-state index is -0.876. The Morgan fingerprint density at radius 1 is 1.20 bits per heavy atom. The van der Waals surface area contributed by atoms with Gasteiger partial charge in [0.05, 0.1) is 0 Å². The largest absolute Gasteiger partial charge is 0.368 e. The van der Waals surface area contributed by atoms with Crippen LogP contribution in [0.15, 0.2) is 61.2 Å². The summed E-state index contributed by atoms with van der Waals surface area (Å²) < 4.78 is 13.4. The van der Waals surface area contributed by atoms with Gasteiger partial charge in [-0.25, -0.2) is 4.39 Å². The average molecular weight is 267 g/mol. The maximum absolute atomic E-state index is 13.4. The van der Waals surface area contributed by atoms with Gasteiger partial charge in [-0.1, -0.05) is 36.4 Å². The summed E-state index contributed by atoms with van der Waals surface area (Å²) >= 11 is 0. The molecule has 1 atom stereocenters. The van der Waals surface area contributed by atoms with Crippen LogP contribution in [0.5, 0.6) is 0 Å². The Morgan fingerprint density at radius 2 is 1.95 bits per heavy atom. The topological polar surface area (TPSA) is 29.1 Å². The molecule has 1 N–H and O–H groups in total. The lowest BCUT2D eigenvalue weighted by Crippen LogP contribution is -2.38. The maximum atomic E-state index is 13.4. The zero-order chi connectivity index (χ0) is 14.2. The summed E-state index contributed by atoms with van der Waals surface area (Å²) in [5, 5.41) is 3.25. The minimum Gasteiger partial charge on any atom is -0.368 e. The molecule has 3 rings (SSSR count). The molecule has 1 unspecified atom stereocenters. The van der Waals surface area contributed by atoms with Crippen LogP contribution < -0.4 is 5.32 Å². The van der Waals surface area contributed by atoms with E-state index < -0.39 is 11.4 Å². The van der Waals surface area contributed by atoms with E-state index in [1.54, 1.807) is 12.1 Å². The van der Waals surface area contributed by atoms with E-state index in [2.05, 4.69) is 11.9 Å². The Kier molecular flexibility index (Phi) is 2.90. The van der Waals surface area contributed by atoms with E-state index in [9.17, 15) is 9.18 Å². The molecule has 0 saturated carbocycles. The van der Waals surface area contributed by atoms with Gasteiger partial charge < -0.3 is 5.32 Å². The number of carbonyl (C=O) groups is 1. The summed E-state index contributed by atoms with van der Waals surface area (Å²) in [6.45, 7) is 3.74. The van der Waals surface area contributed by atoms with Gasteiger partial charge in [-0.2, -0.15) is 0 Å². The van der Waals surface area contributed by atoms with Gasteiger partial charge in [-0.3, -0.25) is 4.79 Å². The molecule has 0 bridgehead atoms. The highest BCUT2D eigenvalue weighted by Crippen LogP contribution is 2.41. The molecule has 2 aromatic rings. The van der Waals surface area contributed by atoms with Crippen LogP contribution in [-0.4, -0.2) is 5.78 Å². The quantitative estimate of drug-likeness (QED) is 0.854. The summed E-state index contributed by atoms with van der Waals surface area (Å²) in [5.74, 6) is -0.514. The number of Topliss-reactive ketones (excluding diaryl/α,β-unsaturated/α-hetero) is 1. The molecule has 0 saturated heterocycles. The van der Waals surface area contributed by atoms with E-state index in [0.29, 0.717) is 17.7 Å². The van der Waals surface area contributed by atoms with E-state index in [1.165, 1.54) is 12.1 Å². The highest BCUT2D eigenvalue weighted by molar-refractivity contribution is 6.13. The summed E-state index contributed by atoms with van der Waals surface area (Å²) in [5.41, 5.74) is 1.05. The molecule has 20 heavy (non-hydrogen) atoms. The fourth-order valence-corrected chi connectivity index (χ4v) is 2.73. The first kappa shape index (κ1) is 12.6. The average Bonchev–Trinajstić information content (AvgIpc) is 2.75. The smallest absolute Gasteiger partial charge is 0.195 e. The first-order valence-electron chi connectivity index (χ1n) is 6.46. The monoisotopic (exact) mass is 267 g/mol. The Morgan fingerprint density at radius 3 is 2.65 bits per heavy atom. The lowest BCUT2D eigenvalue weighted by atomic mass is 9.83. The third kappa shape index (κ3) is 1.74. The Balaban J connectivity index is 2.16. The fraction of sp³-hybridized carbons (Fsp3) is 0.118. The lowest BCUT2D eigenvalue weighted by molar-refractivity contribution is 0.0918. The van der Waals surface area contributed by atoms with Crippen LogP contribution in [0.2, 0.25) is 0 Å². The van der Waals surface area contributed by atoms with Gasteiger partial charge in [0, 0.05) is 11.3 Å². The standard InChI is InChI=1S/C17H14FNO/c1-2-10-17(12-6-4-3-5-7-12)16(20)14-11-13(18)8-9-15(14)19-17/h2-9,11,19H,1,10H2. The van der Waals surface area contributed by atoms with Crippen LogP contribution in [0.3, 0.4) is 0 Å². The molecule has 0 aliphatic carbocycles. The van der Waals surface area contributed by atoms with Crippen LogP contribution in [-0.2, 0) is 5.54 Å². The fourth-order valence-electron chi connectivity index (χ4n) is 2.73. The first-order valence-corrected chi connectivity index (χ1v) is 6.46. The van der Waals surface area contributed by atoms with Crippen molar-refractivity contribution < 1.29 is 9.18 Å². The molecule has 1 aliphatic heterocycles. The van der Waals surface area contributed by atoms with Crippen molar-refractivity contribution in [2.45, 2.75) is 12.0 Å². The first-order chi connectivity index (χ1) is 9.67. The Labute approximate surface area is 116 Å². The number of ketones is 1. The molecule has 2 nitrogen and oxygen atoms in total. The van der Waals surface area contributed by atoms with Gasteiger partial charge in [-0.15, -0.1) is 6.58 Å². The number of anilines is 1. The zero-order valence-electron chi connectivity index (χ0n) is 10.9. The predicted molar refractivity (Wildman–Crippen MR) is 77.3 cm³/mol. The lowest BCUT2D eigenvalue weighted by Gasteiger charge is -2.28. The van der Waals surface area contributed by atoms with Crippen LogP contribution in [0.1, 0.15) is 22.3 Å². The molecule has 1 heterocycles. The van der Waals surface area contributed by atoms with Crippen LogP contribution in [0.25, 0.3) is 0 Å². The molecule has 3 heteroatoms. The van der Waals surface area contributed by atoms with Crippen LogP contribution in [0.4, 0.5) is 10.1 Å². The Hall–Kier alpha value is -2.42. The van der Waals surface area contributed by atoms with Crippen molar-refractivity contribution in [1.29, 1.82) is 0 Å². The molecular weight excluding hydrogens is 253 g/mol. The highest BCUT2D eigenvalue weighted by Gasteiger charge is 2.45. The van der Waals surface area contributed by atoms with Crippen LogP contribution in [0, 0.1) is 5.82 Å². The zero-order valence-corrected chi connectivity index (χ0v) is 10.9. The normalized spacial score (nSPS) is 20.4. The second-order valence-electron chi connectivity index (χ2n) is 4.91. The Bertz CT molecular complexity index is 681. The number of hydrogen-bond acceptors (Lipinski definition) is 2. The second-order valence-corrected chi connectivity index (χ2v) is 4.91. The number of carbonyl (C=O) groups excluding carboxylic acids is 1. The summed E-state index contributed by atoms with van der Waals surface area (Å²) in [6, 6.07) is 13.7. The van der Waals surface area contributed by atoms with Crippen molar-refractivity contribution >= 4 is 11.5 Å². The van der Waals surface area contributed by atoms with Crippen molar-refractivity contribution in [1.82, 2.24) is 0 Å². The van der Waals surface area contributed by atoms with Gasteiger partial charge >= 0.3 is 0 Å². The van der Waals surface area contributed by atoms with E-state index in [0.717, 1.165) is 5.56 Å². The molecule has 0 fully saturated rings. The number of nitrogens with one attached hydrogen (secondary N) is 1. The molecule has 0 aromatic heterocycles. The predicted octanol–water partition coefficient (Wildman–Crippen LogP) is 3.91. The van der Waals surface area contributed by atoms with Crippen molar-refractivity contribution in [3.63, 3.8) is 0 Å². The van der Waals surface area contributed by atoms with E-state index in [4.69, 9.17) is 0 Å². The second kappa shape index (κ2) is 4.60. The van der Waals surface area contributed by atoms with E-state index in [1.807, 2.05) is 30.3 Å². The van der Waals surface area contributed by atoms with Gasteiger partial charge in [0.2, 0.25) is 0 Å². The number of fused-ring (bicyclic) bond motifs is 1. The van der Waals surface area contributed by atoms with Crippen molar-refractivity contribution in [3.05, 3.63) is 78.1 Å². The summed E-state index contributed by atoms with van der Waals surface area (Å²) in [4.78, 5) is 12.8. The number of halogens is 1. The van der Waals surface area contributed by atoms with E-state index in [-0.39, 0.29) is 5.78 Å². The van der Waals surface area contributed by atoms with E-state index >= 15 is 0 Å². The summed E-state index contributed by atoms with van der Waals surface area (Å²) in [7, 11) is 0. The SMILES string of the molecule is C=CCC1(c2ccccc2)Nc2ccc(F)cc2C1=O. The van der Waals surface area contributed by atoms with Crippen LogP contribution >= 0.6 is 0 Å². The molecular formula is C17H14FNO.